The zero-order chi connectivity index (χ0) is 14.8. The monoisotopic (exact) mass is 270 g/mol. The van der Waals surface area contributed by atoms with Crippen LogP contribution in [0.15, 0.2) is 42.5 Å². The summed E-state index contributed by atoms with van der Waals surface area (Å²) in [5.41, 5.74) is 0.850. The number of anilines is 1. The first-order valence-electron chi connectivity index (χ1n) is 6.92. The van der Waals surface area contributed by atoms with Gasteiger partial charge in [-0.05, 0) is 35.2 Å². The van der Waals surface area contributed by atoms with Crippen molar-refractivity contribution >= 4 is 22.5 Å². The number of amides is 2. The molecular formula is C17H22N2O. The van der Waals surface area contributed by atoms with Crippen molar-refractivity contribution in [2.75, 3.05) is 5.32 Å². The van der Waals surface area contributed by atoms with E-state index >= 15 is 0 Å². The van der Waals surface area contributed by atoms with Crippen LogP contribution in [0.1, 0.15) is 27.7 Å². The van der Waals surface area contributed by atoms with Gasteiger partial charge in [-0.25, -0.2) is 4.79 Å². The Morgan fingerprint density at radius 2 is 1.70 bits per heavy atom. The van der Waals surface area contributed by atoms with Crippen molar-refractivity contribution in [3.8, 4) is 0 Å². The van der Waals surface area contributed by atoms with E-state index in [0.717, 1.165) is 11.1 Å². The first kappa shape index (κ1) is 14.4. The van der Waals surface area contributed by atoms with E-state index in [2.05, 4.69) is 37.5 Å². The van der Waals surface area contributed by atoms with Gasteiger partial charge in [0.15, 0.2) is 0 Å². The van der Waals surface area contributed by atoms with E-state index in [9.17, 15) is 4.79 Å². The molecule has 1 unspecified atom stereocenters. The van der Waals surface area contributed by atoms with Gasteiger partial charge in [-0.1, -0.05) is 51.1 Å². The largest absolute Gasteiger partial charge is 0.335 e. The van der Waals surface area contributed by atoms with E-state index in [1.54, 1.807) is 0 Å². The van der Waals surface area contributed by atoms with Gasteiger partial charge in [0.05, 0.1) is 0 Å². The molecule has 3 nitrogen and oxygen atoms in total. The van der Waals surface area contributed by atoms with E-state index in [1.165, 1.54) is 5.39 Å². The maximum absolute atomic E-state index is 12.0. The fourth-order valence-corrected chi connectivity index (χ4v) is 1.85. The Bertz CT molecular complexity index is 614. The summed E-state index contributed by atoms with van der Waals surface area (Å²) in [6, 6.07) is 13.9. The summed E-state index contributed by atoms with van der Waals surface area (Å²) in [5.74, 6) is 0. The standard InChI is InChI=1S/C17H22N2O/c1-12(17(2,3)4)18-16(20)19-15-10-9-13-7-5-6-8-14(13)11-15/h5-12H,1-4H3,(H2,18,19,20). The lowest BCUT2D eigenvalue weighted by atomic mass is 9.88. The fraction of sp³-hybridized carbons (Fsp3) is 0.353. The third kappa shape index (κ3) is 3.50. The molecule has 0 saturated carbocycles. The highest BCUT2D eigenvalue weighted by atomic mass is 16.2. The van der Waals surface area contributed by atoms with Crippen molar-refractivity contribution < 1.29 is 4.79 Å². The van der Waals surface area contributed by atoms with Gasteiger partial charge in [0.25, 0.3) is 0 Å². The number of carbonyl (C=O) groups is 1. The normalized spacial score (nSPS) is 13.0. The minimum Gasteiger partial charge on any atom is -0.335 e. The molecule has 0 aromatic heterocycles. The molecule has 0 aliphatic rings. The second-order valence-corrected chi connectivity index (χ2v) is 6.25. The molecule has 2 rings (SSSR count). The molecule has 0 aliphatic carbocycles. The topological polar surface area (TPSA) is 41.1 Å². The van der Waals surface area contributed by atoms with Gasteiger partial charge in [-0.15, -0.1) is 0 Å². The number of hydrogen-bond acceptors (Lipinski definition) is 1. The molecule has 0 radical (unpaired) electrons. The molecule has 2 aromatic carbocycles. The van der Waals surface area contributed by atoms with Gasteiger partial charge in [0.1, 0.15) is 0 Å². The molecule has 0 aliphatic heterocycles. The van der Waals surface area contributed by atoms with Gasteiger partial charge in [0, 0.05) is 11.7 Å². The smallest absolute Gasteiger partial charge is 0.319 e. The van der Waals surface area contributed by atoms with E-state index in [4.69, 9.17) is 0 Å². The average molecular weight is 270 g/mol. The van der Waals surface area contributed by atoms with Gasteiger partial charge >= 0.3 is 6.03 Å². The van der Waals surface area contributed by atoms with E-state index in [1.807, 2.05) is 43.3 Å². The van der Waals surface area contributed by atoms with Crippen LogP contribution >= 0.6 is 0 Å². The summed E-state index contributed by atoms with van der Waals surface area (Å²) >= 11 is 0. The minimum atomic E-state index is -0.164. The lowest BCUT2D eigenvalue weighted by Crippen LogP contribution is -2.43. The van der Waals surface area contributed by atoms with Crippen LogP contribution in [0.25, 0.3) is 10.8 Å². The zero-order valence-electron chi connectivity index (χ0n) is 12.5. The van der Waals surface area contributed by atoms with Crippen molar-refractivity contribution in [2.24, 2.45) is 5.41 Å². The predicted octanol–water partition coefficient (Wildman–Crippen LogP) is 4.40. The van der Waals surface area contributed by atoms with Crippen molar-refractivity contribution in [3.63, 3.8) is 0 Å². The molecule has 0 fully saturated rings. The molecule has 20 heavy (non-hydrogen) atoms. The molecule has 2 amide bonds. The van der Waals surface area contributed by atoms with E-state index in [0.29, 0.717) is 0 Å². The third-order valence-corrected chi connectivity index (χ3v) is 3.65. The van der Waals surface area contributed by atoms with Crippen LogP contribution in [0.2, 0.25) is 0 Å². The van der Waals surface area contributed by atoms with Crippen LogP contribution in [0, 0.1) is 5.41 Å². The summed E-state index contributed by atoms with van der Waals surface area (Å²) in [7, 11) is 0. The second kappa shape index (κ2) is 5.53. The summed E-state index contributed by atoms with van der Waals surface area (Å²) < 4.78 is 0. The van der Waals surface area contributed by atoms with Gasteiger partial charge in [-0.2, -0.15) is 0 Å². The van der Waals surface area contributed by atoms with Crippen LogP contribution in [-0.4, -0.2) is 12.1 Å². The molecule has 106 valence electrons. The quantitative estimate of drug-likeness (QED) is 0.834. The minimum absolute atomic E-state index is 0.0424. The van der Waals surface area contributed by atoms with Crippen LogP contribution in [0.5, 0.6) is 0 Å². The van der Waals surface area contributed by atoms with Crippen LogP contribution in [0.3, 0.4) is 0 Å². The highest BCUT2D eigenvalue weighted by Gasteiger charge is 2.21. The van der Waals surface area contributed by atoms with Crippen molar-refractivity contribution in [3.05, 3.63) is 42.5 Å². The summed E-state index contributed by atoms with van der Waals surface area (Å²) in [6.45, 7) is 8.33. The number of rotatable bonds is 2. The number of benzene rings is 2. The highest BCUT2D eigenvalue weighted by molar-refractivity contribution is 5.93. The first-order valence-corrected chi connectivity index (χ1v) is 6.92. The predicted molar refractivity (Wildman–Crippen MR) is 85.0 cm³/mol. The molecule has 1 atom stereocenters. The Balaban J connectivity index is 2.06. The van der Waals surface area contributed by atoms with Gasteiger partial charge in [0.2, 0.25) is 0 Å². The van der Waals surface area contributed by atoms with Crippen molar-refractivity contribution in [1.29, 1.82) is 0 Å². The molecule has 0 spiro atoms. The molecule has 2 N–H and O–H groups in total. The van der Waals surface area contributed by atoms with E-state index < -0.39 is 0 Å². The number of carbonyl (C=O) groups excluding carboxylic acids is 1. The Labute approximate surface area is 120 Å². The molecule has 0 bridgehead atoms. The molecule has 2 aromatic rings. The average Bonchev–Trinajstić information content (AvgIpc) is 2.37. The summed E-state index contributed by atoms with van der Waals surface area (Å²) in [4.78, 5) is 12.0. The maximum Gasteiger partial charge on any atom is 0.319 e. The summed E-state index contributed by atoms with van der Waals surface area (Å²) in [6.07, 6.45) is 0. The Morgan fingerprint density at radius 1 is 1.05 bits per heavy atom. The third-order valence-electron chi connectivity index (χ3n) is 3.65. The second-order valence-electron chi connectivity index (χ2n) is 6.25. The van der Waals surface area contributed by atoms with E-state index in [-0.39, 0.29) is 17.5 Å². The fourth-order valence-electron chi connectivity index (χ4n) is 1.85. The Kier molecular flexibility index (Phi) is 3.98. The maximum atomic E-state index is 12.0. The van der Waals surface area contributed by atoms with Crippen molar-refractivity contribution in [1.82, 2.24) is 5.32 Å². The lowest BCUT2D eigenvalue weighted by molar-refractivity contribution is 0.233. The number of urea groups is 1. The molecule has 0 saturated heterocycles. The zero-order valence-corrected chi connectivity index (χ0v) is 12.5. The first-order chi connectivity index (χ1) is 9.36. The number of nitrogens with one attached hydrogen (secondary N) is 2. The molecular weight excluding hydrogens is 248 g/mol. The number of hydrogen-bond donors (Lipinski definition) is 2. The van der Waals surface area contributed by atoms with Crippen LogP contribution in [0.4, 0.5) is 10.5 Å². The highest BCUT2D eigenvalue weighted by Crippen LogP contribution is 2.20. The van der Waals surface area contributed by atoms with Crippen LogP contribution in [-0.2, 0) is 0 Å². The lowest BCUT2D eigenvalue weighted by Gasteiger charge is -2.28. The molecule has 0 heterocycles. The molecule has 3 heteroatoms. The van der Waals surface area contributed by atoms with Gasteiger partial charge in [-0.3, -0.25) is 0 Å². The Hall–Kier alpha value is -2.03. The van der Waals surface area contributed by atoms with Crippen LogP contribution < -0.4 is 10.6 Å². The number of fused-ring (bicyclic) bond motifs is 1. The van der Waals surface area contributed by atoms with Crippen molar-refractivity contribution in [2.45, 2.75) is 33.7 Å². The SMILES string of the molecule is CC(NC(=O)Nc1ccc2ccccc2c1)C(C)(C)C. The van der Waals surface area contributed by atoms with Gasteiger partial charge < -0.3 is 10.6 Å². The Morgan fingerprint density at radius 3 is 2.35 bits per heavy atom. The summed E-state index contributed by atoms with van der Waals surface area (Å²) in [5, 5.41) is 8.14.